The molecule has 2 rings (SSSR count). The number of methoxy groups -OCH3 is 1. The van der Waals surface area contributed by atoms with Gasteiger partial charge < -0.3 is 9.47 Å². The number of nitrogens with zero attached hydrogens (tertiary/aromatic N) is 1. The number of pyridine rings is 1. The monoisotopic (exact) mass is 385 g/mol. The van der Waals surface area contributed by atoms with Crippen LogP contribution in [-0.2, 0) is 11.9 Å². The molecule has 0 radical (unpaired) electrons. The summed E-state index contributed by atoms with van der Waals surface area (Å²) in [5, 5.41) is 0.779. The van der Waals surface area contributed by atoms with E-state index in [2.05, 4.69) is 36.8 Å². The van der Waals surface area contributed by atoms with Gasteiger partial charge in [-0.1, -0.05) is 31.9 Å². The van der Waals surface area contributed by atoms with Crippen molar-refractivity contribution in [2.24, 2.45) is 0 Å². The van der Waals surface area contributed by atoms with Crippen molar-refractivity contribution in [2.75, 3.05) is 7.11 Å². The Kier molecular flexibility index (Phi) is 5.22. The molecular formula is C14H13Br2NO2. The van der Waals surface area contributed by atoms with Crippen LogP contribution < -0.4 is 9.47 Å². The van der Waals surface area contributed by atoms with Crippen LogP contribution in [0.25, 0.3) is 0 Å². The van der Waals surface area contributed by atoms with E-state index in [9.17, 15) is 0 Å². The molecule has 1 heterocycles. The topological polar surface area (TPSA) is 31.4 Å². The minimum absolute atomic E-state index is 0.431. The second-order valence-electron chi connectivity index (χ2n) is 3.85. The van der Waals surface area contributed by atoms with Crippen LogP contribution in [0.3, 0.4) is 0 Å². The van der Waals surface area contributed by atoms with Crippen molar-refractivity contribution in [2.45, 2.75) is 11.9 Å². The predicted octanol–water partition coefficient (Wildman–Crippen LogP) is 4.33. The Balaban J connectivity index is 2.10. The zero-order valence-corrected chi connectivity index (χ0v) is 13.6. The van der Waals surface area contributed by atoms with Crippen molar-refractivity contribution in [3.05, 3.63) is 52.1 Å². The Hall–Kier alpha value is -1.07. The molecule has 19 heavy (non-hydrogen) atoms. The Bertz CT molecular complexity index is 561. The molecule has 1 aromatic heterocycles. The third-order valence-electron chi connectivity index (χ3n) is 2.60. The lowest BCUT2D eigenvalue weighted by molar-refractivity contribution is 0.293. The standard InChI is InChI=1S/C14H13Br2NO2/c1-18-14-10(3-2-6-17-14)9-19-12-4-5-13(16)11(7-12)8-15/h2-7H,8-9H2,1H3. The van der Waals surface area contributed by atoms with Crippen LogP contribution in [0.4, 0.5) is 0 Å². The van der Waals surface area contributed by atoms with E-state index in [1.807, 2.05) is 30.3 Å². The smallest absolute Gasteiger partial charge is 0.219 e. The fourth-order valence-corrected chi connectivity index (χ4v) is 2.85. The number of hydrogen-bond acceptors (Lipinski definition) is 3. The second kappa shape index (κ2) is 6.91. The molecule has 0 fully saturated rings. The van der Waals surface area contributed by atoms with Gasteiger partial charge in [0.15, 0.2) is 0 Å². The molecule has 0 N–H and O–H groups in total. The summed E-state index contributed by atoms with van der Waals surface area (Å²) in [6.07, 6.45) is 1.70. The molecule has 3 nitrogen and oxygen atoms in total. The summed E-state index contributed by atoms with van der Waals surface area (Å²) in [6, 6.07) is 9.72. The molecular weight excluding hydrogens is 374 g/mol. The molecule has 0 unspecified atom stereocenters. The highest BCUT2D eigenvalue weighted by Crippen LogP contribution is 2.25. The highest BCUT2D eigenvalue weighted by atomic mass is 79.9. The van der Waals surface area contributed by atoms with Gasteiger partial charge in [0, 0.05) is 16.0 Å². The van der Waals surface area contributed by atoms with Gasteiger partial charge in [0.05, 0.1) is 12.7 Å². The Morgan fingerprint density at radius 2 is 2.05 bits per heavy atom. The molecule has 100 valence electrons. The van der Waals surface area contributed by atoms with E-state index in [1.165, 1.54) is 0 Å². The number of rotatable bonds is 5. The lowest BCUT2D eigenvalue weighted by atomic mass is 10.2. The van der Waals surface area contributed by atoms with E-state index in [4.69, 9.17) is 9.47 Å². The minimum Gasteiger partial charge on any atom is -0.489 e. The summed E-state index contributed by atoms with van der Waals surface area (Å²) in [5.41, 5.74) is 2.07. The van der Waals surface area contributed by atoms with Gasteiger partial charge in [-0.3, -0.25) is 0 Å². The van der Waals surface area contributed by atoms with Gasteiger partial charge in [-0.25, -0.2) is 4.98 Å². The molecule has 2 aromatic rings. The highest BCUT2D eigenvalue weighted by molar-refractivity contribution is 9.10. The van der Waals surface area contributed by atoms with Crippen molar-refractivity contribution in [3.63, 3.8) is 0 Å². The van der Waals surface area contributed by atoms with E-state index in [0.717, 1.165) is 26.7 Å². The van der Waals surface area contributed by atoms with Crippen LogP contribution in [0.1, 0.15) is 11.1 Å². The molecule has 0 saturated heterocycles. The first-order valence-corrected chi connectivity index (χ1v) is 7.61. The van der Waals surface area contributed by atoms with Crippen molar-refractivity contribution >= 4 is 31.9 Å². The molecule has 0 aliphatic carbocycles. The maximum Gasteiger partial charge on any atom is 0.219 e. The maximum atomic E-state index is 5.77. The van der Waals surface area contributed by atoms with E-state index in [0.29, 0.717) is 12.5 Å². The Labute approximate surface area is 129 Å². The summed E-state index contributed by atoms with van der Waals surface area (Å²) >= 11 is 6.94. The average Bonchev–Trinajstić information content (AvgIpc) is 2.46. The quantitative estimate of drug-likeness (QED) is 0.716. The fraction of sp³-hybridized carbons (Fsp3) is 0.214. The van der Waals surface area contributed by atoms with Crippen molar-refractivity contribution < 1.29 is 9.47 Å². The van der Waals surface area contributed by atoms with Gasteiger partial charge in [-0.15, -0.1) is 0 Å². The number of hydrogen-bond donors (Lipinski definition) is 0. The predicted molar refractivity (Wildman–Crippen MR) is 81.9 cm³/mol. The van der Waals surface area contributed by atoms with E-state index >= 15 is 0 Å². The van der Waals surface area contributed by atoms with E-state index < -0.39 is 0 Å². The summed E-state index contributed by atoms with van der Waals surface area (Å²) in [4.78, 5) is 4.14. The second-order valence-corrected chi connectivity index (χ2v) is 5.26. The van der Waals surface area contributed by atoms with Crippen molar-refractivity contribution in [1.29, 1.82) is 0 Å². The molecule has 5 heteroatoms. The first kappa shape index (κ1) is 14.3. The highest BCUT2D eigenvalue weighted by Gasteiger charge is 2.05. The average molecular weight is 387 g/mol. The molecule has 0 atom stereocenters. The van der Waals surface area contributed by atoms with E-state index in [1.54, 1.807) is 13.3 Å². The van der Waals surface area contributed by atoms with E-state index in [-0.39, 0.29) is 0 Å². The fourth-order valence-electron chi connectivity index (χ4n) is 1.62. The van der Waals surface area contributed by atoms with Gasteiger partial charge in [-0.2, -0.15) is 0 Å². The molecule has 0 bridgehead atoms. The van der Waals surface area contributed by atoms with Gasteiger partial charge in [0.2, 0.25) is 5.88 Å². The lowest BCUT2D eigenvalue weighted by Gasteiger charge is -2.10. The molecule has 0 amide bonds. The Morgan fingerprint density at radius 1 is 1.21 bits per heavy atom. The number of benzene rings is 1. The van der Waals surface area contributed by atoms with Gasteiger partial charge in [0.25, 0.3) is 0 Å². The van der Waals surface area contributed by atoms with Gasteiger partial charge >= 0.3 is 0 Å². The number of ether oxygens (including phenoxy) is 2. The van der Waals surface area contributed by atoms with Crippen LogP contribution in [0.5, 0.6) is 11.6 Å². The third kappa shape index (κ3) is 3.70. The molecule has 1 aromatic carbocycles. The van der Waals surface area contributed by atoms with Crippen molar-refractivity contribution in [1.82, 2.24) is 4.98 Å². The number of aromatic nitrogens is 1. The maximum absolute atomic E-state index is 5.77. The molecule has 0 saturated carbocycles. The number of halogens is 2. The van der Waals surface area contributed by atoms with Crippen molar-refractivity contribution in [3.8, 4) is 11.6 Å². The third-order valence-corrected chi connectivity index (χ3v) is 3.98. The summed E-state index contributed by atoms with van der Waals surface area (Å²) in [7, 11) is 1.61. The van der Waals surface area contributed by atoms with Crippen LogP contribution in [-0.4, -0.2) is 12.1 Å². The largest absolute Gasteiger partial charge is 0.489 e. The van der Waals surface area contributed by atoms with Crippen LogP contribution in [0.2, 0.25) is 0 Å². The summed E-state index contributed by atoms with van der Waals surface area (Å²) < 4.78 is 12.0. The van der Waals surface area contributed by atoms with Crippen LogP contribution >= 0.6 is 31.9 Å². The van der Waals surface area contributed by atoms with Gasteiger partial charge in [0.1, 0.15) is 12.4 Å². The lowest BCUT2D eigenvalue weighted by Crippen LogP contribution is -2.00. The van der Waals surface area contributed by atoms with Crippen LogP contribution in [0, 0.1) is 0 Å². The zero-order chi connectivity index (χ0) is 13.7. The first-order chi connectivity index (χ1) is 9.24. The molecule has 0 spiro atoms. The SMILES string of the molecule is COc1ncccc1COc1ccc(Br)c(CBr)c1. The summed E-state index contributed by atoms with van der Waals surface area (Å²) in [6.45, 7) is 0.431. The summed E-state index contributed by atoms with van der Waals surface area (Å²) in [5.74, 6) is 1.42. The normalized spacial score (nSPS) is 10.3. The van der Waals surface area contributed by atoms with Crippen LogP contribution in [0.15, 0.2) is 41.0 Å². The zero-order valence-electron chi connectivity index (χ0n) is 10.4. The first-order valence-electron chi connectivity index (χ1n) is 5.69. The number of alkyl halides is 1. The molecule has 0 aliphatic heterocycles. The minimum atomic E-state index is 0.431. The Morgan fingerprint density at radius 3 is 2.79 bits per heavy atom. The van der Waals surface area contributed by atoms with Gasteiger partial charge in [-0.05, 0) is 35.9 Å². The molecule has 0 aliphatic rings.